The second-order valence-electron chi connectivity index (χ2n) is 1.54. The van der Waals surface area contributed by atoms with Crippen LogP contribution in [0.25, 0.3) is 0 Å². The van der Waals surface area contributed by atoms with E-state index in [2.05, 4.69) is 20.3 Å². The van der Waals surface area contributed by atoms with E-state index in [1.165, 1.54) is 6.34 Å². The Balaban J connectivity index is 2.49. The fourth-order valence-electron chi connectivity index (χ4n) is 0.690. The molecule has 0 radical (unpaired) electrons. The Bertz CT molecular complexity index is 200. The second-order valence-corrected chi connectivity index (χ2v) is 1.54. The molecule has 0 aromatic rings. The van der Waals surface area contributed by atoms with Crippen molar-refractivity contribution >= 4 is 18.0 Å². The molecule has 0 spiro atoms. The third-order valence-electron chi connectivity index (χ3n) is 1.05. The highest BCUT2D eigenvalue weighted by Crippen LogP contribution is 1.96. The minimum atomic E-state index is 0.630. The van der Waals surface area contributed by atoms with Crippen LogP contribution in [0.3, 0.4) is 0 Å². The third kappa shape index (κ3) is 0.318. The van der Waals surface area contributed by atoms with Gasteiger partial charge in [-0.15, -0.1) is 0 Å². The van der Waals surface area contributed by atoms with E-state index < -0.39 is 0 Å². The minimum absolute atomic E-state index is 0.630. The highest BCUT2D eigenvalue weighted by molar-refractivity contribution is 6.46. The molecule has 0 unspecified atom stereocenters. The van der Waals surface area contributed by atoms with Crippen LogP contribution in [-0.2, 0) is 0 Å². The van der Waals surface area contributed by atoms with Gasteiger partial charge in [0.05, 0.1) is 0 Å². The summed E-state index contributed by atoms with van der Waals surface area (Å²) in [7, 11) is 0. The summed E-state index contributed by atoms with van der Waals surface area (Å²) >= 11 is 0. The lowest BCUT2D eigenvalue weighted by Gasteiger charge is -1.85. The minimum Gasteiger partial charge on any atom is -0.348 e. The van der Waals surface area contributed by atoms with Crippen LogP contribution in [0.5, 0.6) is 0 Å². The smallest absolute Gasteiger partial charge is 0.194 e. The number of hydrogen-bond acceptors (Lipinski definition) is 4. The maximum absolute atomic E-state index is 3.97. The van der Waals surface area contributed by atoms with Gasteiger partial charge in [0.2, 0.25) is 0 Å². The number of amidine groups is 2. The van der Waals surface area contributed by atoms with Gasteiger partial charge in [-0.3, -0.25) is 0 Å². The number of rotatable bonds is 0. The molecule has 0 aromatic heterocycles. The first-order chi connectivity index (χ1) is 3.97. The Kier molecular flexibility index (Phi) is 0.542. The Labute approximate surface area is 46.1 Å². The zero-order valence-electron chi connectivity index (χ0n) is 4.13. The van der Waals surface area contributed by atoms with Crippen LogP contribution in [0.4, 0.5) is 0 Å². The summed E-state index contributed by atoms with van der Waals surface area (Å²) < 4.78 is 0. The van der Waals surface area contributed by atoms with Crippen molar-refractivity contribution in [2.45, 2.75) is 0 Å². The zero-order valence-corrected chi connectivity index (χ0v) is 4.13. The Hall–Kier alpha value is -1.19. The molecule has 0 saturated carbocycles. The molecule has 0 aliphatic carbocycles. The maximum atomic E-state index is 3.97. The van der Waals surface area contributed by atoms with Crippen LogP contribution in [0.2, 0.25) is 0 Å². The van der Waals surface area contributed by atoms with E-state index in [0.717, 1.165) is 11.7 Å². The molecule has 40 valence electrons. The quantitative estimate of drug-likeness (QED) is 0.442. The van der Waals surface area contributed by atoms with Crippen molar-refractivity contribution in [3.8, 4) is 0 Å². The lowest BCUT2D eigenvalue weighted by molar-refractivity contribution is 0.971. The fraction of sp³-hybridized carbons (Fsp3) is 0.250. The summed E-state index contributed by atoms with van der Waals surface area (Å²) in [5.41, 5.74) is 0. The number of aliphatic imine (C=N–C) groups is 3. The molecule has 2 heterocycles. The lowest BCUT2D eigenvalue weighted by Crippen LogP contribution is -2.19. The van der Waals surface area contributed by atoms with E-state index in [4.69, 9.17) is 0 Å². The number of nitrogens with zero attached hydrogens (tertiary/aromatic N) is 3. The van der Waals surface area contributed by atoms with E-state index in [1.54, 1.807) is 0 Å². The van der Waals surface area contributed by atoms with E-state index in [1.807, 2.05) is 0 Å². The predicted octanol–water partition coefficient (Wildman–Crippen LogP) is -0.614. The Morgan fingerprint density at radius 1 is 1.62 bits per heavy atom. The van der Waals surface area contributed by atoms with Gasteiger partial charge in [0, 0.05) is 0 Å². The van der Waals surface area contributed by atoms with Gasteiger partial charge < -0.3 is 5.32 Å². The first-order valence-corrected chi connectivity index (χ1v) is 2.36. The van der Waals surface area contributed by atoms with E-state index in [-0.39, 0.29) is 0 Å². The van der Waals surface area contributed by atoms with Crippen molar-refractivity contribution in [3.63, 3.8) is 0 Å². The van der Waals surface area contributed by atoms with Crippen LogP contribution >= 0.6 is 0 Å². The van der Waals surface area contributed by atoms with Gasteiger partial charge >= 0.3 is 0 Å². The molecule has 1 N–H and O–H groups in total. The van der Waals surface area contributed by atoms with Gasteiger partial charge in [0.15, 0.2) is 11.7 Å². The van der Waals surface area contributed by atoms with Crippen molar-refractivity contribution in [1.29, 1.82) is 0 Å². The molecular formula is C4H4N4. The van der Waals surface area contributed by atoms with Gasteiger partial charge in [-0.2, -0.15) is 0 Å². The topological polar surface area (TPSA) is 49.1 Å². The molecule has 0 fully saturated rings. The second kappa shape index (κ2) is 1.15. The highest BCUT2D eigenvalue weighted by atomic mass is 15.2. The monoisotopic (exact) mass is 108 g/mol. The molecule has 0 saturated heterocycles. The summed E-state index contributed by atoms with van der Waals surface area (Å²) in [6.07, 6.45) is 1.50. The largest absolute Gasteiger partial charge is 0.348 e. The Morgan fingerprint density at radius 2 is 2.62 bits per heavy atom. The fourth-order valence-corrected chi connectivity index (χ4v) is 0.690. The van der Waals surface area contributed by atoms with Crippen LogP contribution in [-0.4, -0.2) is 24.7 Å². The van der Waals surface area contributed by atoms with Gasteiger partial charge in [-0.05, 0) is 0 Å². The van der Waals surface area contributed by atoms with Crippen LogP contribution in [0, 0.1) is 0 Å². The molecule has 0 atom stereocenters. The molecule has 2 aliphatic rings. The molecule has 8 heavy (non-hydrogen) atoms. The van der Waals surface area contributed by atoms with Crippen LogP contribution in [0.1, 0.15) is 0 Å². The van der Waals surface area contributed by atoms with E-state index >= 15 is 0 Å². The van der Waals surface area contributed by atoms with Crippen molar-refractivity contribution in [2.75, 3.05) is 6.67 Å². The summed E-state index contributed by atoms with van der Waals surface area (Å²) in [5.74, 6) is 1.55. The van der Waals surface area contributed by atoms with E-state index in [0.29, 0.717) is 6.67 Å². The zero-order chi connectivity index (χ0) is 5.40. The van der Waals surface area contributed by atoms with Crippen molar-refractivity contribution in [2.24, 2.45) is 15.0 Å². The Morgan fingerprint density at radius 3 is 3.50 bits per heavy atom. The van der Waals surface area contributed by atoms with Crippen LogP contribution < -0.4 is 5.32 Å². The standard InChI is InChI=1S/C4H4N4/c1-5-3-4(6-1)8-2-7-3/h1H,2H2,(H,5,6,7,8). The molecule has 2 rings (SSSR count). The number of fused-ring (bicyclic) bond motifs is 1. The third-order valence-corrected chi connectivity index (χ3v) is 1.05. The molecular weight excluding hydrogens is 104 g/mol. The first-order valence-electron chi connectivity index (χ1n) is 2.36. The normalized spacial score (nSPS) is 22.0. The summed E-state index contributed by atoms with van der Waals surface area (Å²) in [6, 6.07) is 0. The maximum Gasteiger partial charge on any atom is 0.194 e. The predicted molar refractivity (Wildman–Crippen MR) is 31.4 cm³/mol. The van der Waals surface area contributed by atoms with Gasteiger partial charge in [-0.1, -0.05) is 0 Å². The van der Waals surface area contributed by atoms with E-state index in [9.17, 15) is 0 Å². The molecule has 2 aliphatic heterocycles. The van der Waals surface area contributed by atoms with Gasteiger partial charge in [0.25, 0.3) is 0 Å². The van der Waals surface area contributed by atoms with Crippen molar-refractivity contribution in [1.82, 2.24) is 5.32 Å². The average Bonchev–Trinajstić information content (AvgIpc) is 2.15. The highest BCUT2D eigenvalue weighted by Gasteiger charge is 2.14. The van der Waals surface area contributed by atoms with Crippen LogP contribution in [0.15, 0.2) is 15.0 Å². The SMILES string of the molecule is C1=NC2=NCNC2=N1. The lowest BCUT2D eigenvalue weighted by atomic mass is 10.6. The van der Waals surface area contributed by atoms with Gasteiger partial charge in [-0.25, -0.2) is 15.0 Å². The van der Waals surface area contributed by atoms with Crippen molar-refractivity contribution < 1.29 is 0 Å². The molecule has 4 nitrogen and oxygen atoms in total. The van der Waals surface area contributed by atoms with Gasteiger partial charge in [0.1, 0.15) is 13.0 Å². The summed E-state index contributed by atoms with van der Waals surface area (Å²) in [4.78, 5) is 11.7. The summed E-state index contributed by atoms with van der Waals surface area (Å²) in [5, 5.41) is 2.94. The first kappa shape index (κ1) is 3.77. The molecule has 4 heteroatoms. The number of nitrogens with one attached hydrogen (secondary N) is 1. The molecule has 0 aromatic carbocycles. The van der Waals surface area contributed by atoms with Crippen molar-refractivity contribution in [3.05, 3.63) is 0 Å². The molecule has 0 bridgehead atoms. The summed E-state index contributed by atoms with van der Waals surface area (Å²) in [6.45, 7) is 0.630. The number of hydrogen-bond donors (Lipinski definition) is 1. The average molecular weight is 108 g/mol. The molecule has 0 amide bonds.